The minimum atomic E-state index is -0.183. The minimum absolute atomic E-state index is 0.183. The van der Waals surface area contributed by atoms with E-state index < -0.39 is 0 Å². The van der Waals surface area contributed by atoms with E-state index in [1.165, 1.54) is 0 Å². The molecule has 1 aliphatic rings. The summed E-state index contributed by atoms with van der Waals surface area (Å²) in [5.74, 6) is 0. The predicted octanol–water partition coefficient (Wildman–Crippen LogP) is 1.38. The summed E-state index contributed by atoms with van der Waals surface area (Å²) in [4.78, 5) is 1.12. The first kappa shape index (κ1) is 9.95. The zero-order valence-electron chi connectivity index (χ0n) is 8.57. The van der Waals surface area contributed by atoms with Gasteiger partial charge in [0.15, 0.2) is 6.29 Å². The van der Waals surface area contributed by atoms with E-state index in [2.05, 4.69) is 10.3 Å². The molecule has 0 amide bonds. The Bertz CT molecular complexity index is 448. The van der Waals surface area contributed by atoms with Crippen LogP contribution in [0.25, 0.3) is 10.6 Å². The van der Waals surface area contributed by atoms with Crippen LogP contribution in [0.15, 0.2) is 23.7 Å². The van der Waals surface area contributed by atoms with Crippen LogP contribution in [0.5, 0.6) is 0 Å². The first-order chi connectivity index (χ1) is 7.92. The lowest BCUT2D eigenvalue weighted by Crippen LogP contribution is -2.17. The SMILES string of the molecule is c1csc(-c2cn(CC3OCCO3)nn2)c1. The fourth-order valence-electron chi connectivity index (χ4n) is 1.59. The van der Waals surface area contributed by atoms with Gasteiger partial charge in [-0.05, 0) is 11.4 Å². The summed E-state index contributed by atoms with van der Waals surface area (Å²) in [6.45, 7) is 1.92. The quantitative estimate of drug-likeness (QED) is 0.809. The Morgan fingerprint density at radius 1 is 1.44 bits per heavy atom. The molecule has 5 nitrogen and oxygen atoms in total. The minimum Gasteiger partial charge on any atom is -0.348 e. The van der Waals surface area contributed by atoms with Crippen molar-refractivity contribution in [2.45, 2.75) is 12.8 Å². The van der Waals surface area contributed by atoms with Gasteiger partial charge in [-0.3, -0.25) is 0 Å². The summed E-state index contributed by atoms with van der Waals surface area (Å²) in [7, 11) is 0. The number of nitrogens with zero attached hydrogens (tertiary/aromatic N) is 3. The molecular weight excluding hydrogens is 226 g/mol. The molecule has 6 heteroatoms. The Labute approximate surface area is 96.6 Å². The van der Waals surface area contributed by atoms with Crippen LogP contribution in [0, 0.1) is 0 Å². The van der Waals surface area contributed by atoms with Gasteiger partial charge >= 0.3 is 0 Å². The van der Waals surface area contributed by atoms with Gasteiger partial charge < -0.3 is 9.47 Å². The lowest BCUT2D eigenvalue weighted by Gasteiger charge is -2.07. The summed E-state index contributed by atoms with van der Waals surface area (Å²) >= 11 is 1.65. The third kappa shape index (κ3) is 1.99. The van der Waals surface area contributed by atoms with Crippen molar-refractivity contribution in [3.63, 3.8) is 0 Å². The normalized spacial score (nSPS) is 17.0. The van der Waals surface area contributed by atoms with Crippen molar-refractivity contribution in [2.24, 2.45) is 0 Å². The fraction of sp³-hybridized carbons (Fsp3) is 0.400. The van der Waals surface area contributed by atoms with Crippen LogP contribution in [0.4, 0.5) is 0 Å². The second-order valence-electron chi connectivity index (χ2n) is 3.47. The molecule has 84 valence electrons. The molecule has 3 heterocycles. The summed E-state index contributed by atoms with van der Waals surface area (Å²) < 4.78 is 12.5. The molecule has 3 rings (SSSR count). The van der Waals surface area contributed by atoms with E-state index in [0.717, 1.165) is 10.6 Å². The van der Waals surface area contributed by atoms with E-state index >= 15 is 0 Å². The molecule has 1 aliphatic heterocycles. The number of aromatic nitrogens is 3. The number of hydrogen-bond acceptors (Lipinski definition) is 5. The molecule has 1 saturated heterocycles. The summed E-state index contributed by atoms with van der Waals surface area (Å²) in [5.41, 5.74) is 0.896. The summed E-state index contributed by atoms with van der Waals surface area (Å²) in [6, 6.07) is 4.03. The maximum Gasteiger partial charge on any atom is 0.177 e. The van der Waals surface area contributed by atoms with E-state index in [1.54, 1.807) is 16.0 Å². The lowest BCUT2D eigenvalue weighted by molar-refractivity contribution is -0.0548. The average molecular weight is 237 g/mol. The van der Waals surface area contributed by atoms with Gasteiger partial charge in [0, 0.05) is 0 Å². The Hall–Kier alpha value is -1.24. The van der Waals surface area contributed by atoms with Crippen molar-refractivity contribution >= 4 is 11.3 Å². The largest absolute Gasteiger partial charge is 0.348 e. The maximum absolute atomic E-state index is 5.35. The van der Waals surface area contributed by atoms with Crippen molar-refractivity contribution in [1.29, 1.82) is 0 Å². The van der Waals surface area contributed by atoms with Crippen LogP contribution < -0.4 is 0 Å². The number of thiophene rings is 1. The van der Waals surface area contributed by atoms with Crippen LogP contribution >= 0.6 is 11.3 Å². The van der Waals surface area contributed by atoms with E-state index in [9.17, 15) is 0 Å². The van der Waals surface area contributed by atoms with Crippen LogP contribution in [0.1, 0.15) is 0 Å². The van der Waals surface area contributed by atoms with Crippen LogP contribution in [-0.2, 0) is 16.0 Å². The van der Waals surface area contributed by atoms with Crippen molar-refractivity contribution in [1.82, 2.24) is 15.0 Å². The summed E-state index contributed by atoms with van der Waals surface area (Å²) in [5, 5.41) is 10.2. The molecule has 2 aromatic rings. The van der Waals surface area contributed by atoms with Crippen molar-refractivity contribution in [3.05, 3.63) is 23.7 Å². The molecule has 0 N–H and O–H groups in total. The number of ether oxygens (including phenoxy) is 2. The van der Waals surface area contributed by atoms with Crippen LogP contribution in [0.3, 0.4) is 0 Å². The third-order valence-corrected chi connectivity index (χ3v) is 3.23. The van der Waals surface area contributed by atoms with Gasteiger partial charge in [-0.15, -0.1) is 16.4 Å². The monoisotopic (exact) mass is 237 g/mol. The molecular formula is C10H11N3O2S. The zero-order valence-corrected chi connectivity index (χ0v) is 9.39. The fourth-order valence-corrected chi connectivity index (χ4v) is 2.27. The molecule has 0 atom stereocenters. The molecule has 0 saturated carbocycles. The third-order valence-electron chi connectivity index (χ3n) is 2.34. The van der Waals surface area contributed by atoms with Gasteiger partial charge in [-0.25, -0.2) is 4.68 Å². The van der Waals surface area contributed by atoms with Crippen LogP contribution in [0.2, 0.25) is 0 Å². The highest BCUT2D eigenvalue weighted by Crippen LogP contribution is 2.21. The lowest BCUT2D eigenvalue weighted by atomic mass is 10.4. The van der Waals surface area contributed by atoms with Crippen molar-refractivity contribution in [2.75, 3.05) is 13.2 Å². The van der Waals surface area contributed by atoms with Gasteiger partial charge in [0.05, 0.1) is 30.8 Å². The molecule has 1 fully saturated rings. The van der Waals surface area contributed by atoms with E-state index in [-0.39, 0.29) is 6.29 Å². The van der Waals surface area contributed by atoms with Gasteiger partial charge in [-0.1, -0.05) is 11.3 Å². The zero-order chi connectivity index (χ0) is 10.8. The van der Waals surface area contributed by atoms with Gasteiger partial charge in [0.1, 0.15) is 5.69 Å². The smallest absolute Gasteiger partial charge is 0.177 e. The van der Waals surface area contributed by atoms with Crippen LogP contribution in [-0.4, -0.2) is 34.5 Å². The van der Waals surface area contributed by atoms with E-state index in [4.69, 9.17) is 9.47 Å². The number of rotatable bonds is 3. The molecule has 0 bridgehead atoms. The Kier molecular flexibility index (Phi) is 2.69. The standard InChI is InChI=1S/C10H11N3O2S/c1-2-9(16-5-1)8-6-13(12-11-8)7-10-14-3-4-15-10/h1-2,5-6,10H,3-4,7H2. The molecule has 0 radical (unpaired) electrons. The van der Waals surface area contributed by atoms with Gasteiger partial charge in [-0.2, -0.15) is 0 Å². The second-order valence-corrected chi connectivity index (χ2v) is 4.42. The van der Waals surface area contributed by atoms with Crippen molar-refractivity contribution in [3.8, 4) is 10.6 Å². The molecule has 0 aliphatic carbocycles. The first-order valence-electron chi connectivity index (χ1n) is 5.09. The topological polar surface area (TPSA) is 49.2 Å². The Morgan fingerprint density at radius 2 is 2.31 bits per heavy atom. The second kappa shape index (κ2) is 4.32. The Balaban J connectivity index is 1.72. The van der Waals surface area contributed by atoms with Gasteiger partial charge in [0.25, 0.3) is 0 Å². The Morgan fingerprint density at radius 3 is 3.06 bits per heavy atom. The van der Waals surface area contributed by atoms with Gasteiger partial charge in [0.2, 0.25) is 0 Å². The average Bonchev–Trinajstić information content (AvgIpc) is 2.99. The molecule has 0 unspecified atom stereocenters. The molecule has 0 aromatic carbocycles. The molecule has 2 aromatic heterocycles. The molecule has 16 heavy (non-hydrogen) atoms. The highest BCUT2D eigenvalue weighted by Gasteiger charge is 2.17. The highest BCUT2D eigenvalue weighted by molar-refractivity contribution is 7.13. The first-order valence-corrected chi connectivity index (χ1v) is 5.97. The van der Waals surface area contributed by atoms with E-state index in [0.29, 0.717) is 19.8 Å². The summed E-state index contributed by atoms with van der Waals surface area (Å²) in [6.07, 6.45) is 1.73. The highest BCUT2D eigenvalue weighted by atomic mass is 32.1. The molecule has 0 spiro atoms. The number of hydrogen-bond donors (Lipinski definition) is 0. The van der Waals surface area contributed by atoms with Crippen molar-refractivity contribution < 1.29 is 9.47 Å². The predicted molar refractivity (Wildman–Crippen MR) is 59.0 cm³/mol. The maximum atomic E-state index is 5.35. The van der Waals surface area contributed by atoms with E-state index in [1.807, 2.05) is 23.7 Å².